The summed E-state index contributed by atoms with van der Waals surface area (Å²) in [7, 11) is 1.06. The molecule has 0 aliphatic rings. The Labute approximate surface area is 87.3 Å². The highest BCUT2D eigenvalue weighted by Crippen LogP contribution is 2.28. The summed E-state index contributed by atoms with van der Waals surface area (Å²) in [6, 6.07) is 0. The summed E-state index contributed by atoms with van der Waals surface area (Å²) < 4.78 is 53.8. The van der Waals surface area contributed by atoms with E-state index < -0.39 is 29.7 Å². The molecule has 0 aliphatic heterocycles. The molecule has 0 amide bonds. The van der Waals surface area contributed by atoms with Gasteiger partial charge in [0.15, 0.2) is 5.69 Å². The van der Waals surface area contributed by atoms with Gasteiger partial charge in [0.05, 0.1) is 7.11 Å². The Hall–Kier alpha value is -1.73. The molecule has 1 heterocycles. The van der Waals surface area contributed by atoms with Crippen LogP contribution in [-0.4, -0.2) is 35.2 Å². The van der Waals surface area contributed by atoms with E-state index in [1.54, 1.807) is 0 Å². The van der Waals surface area contributed by atoms with Crippen molar-refractivity contribution in [2.45, 2.75) is 12.3 Å². The topological polar surface area (TPSA) is 52.1 Å². The first kappa shape index (κ1) is 12.3. The molecule has 88 valence electrons. The summed E-state index contributed by atoms with van der Waals surface area (Å²) in [5, 5.41) is 0. The first-order valence-corrected chi connectivity index (χ1v) is 3.97. The van der Waals surface area contributed by atoms with E-state index in [0.717, 1.165) is 19.5 Å². The summed E-state index contributed by atoms with van der Waals surface area (Å²) in [6.45, 7) is 0. The van der Waals surface area contributed by atoms with Crippen LogP contribution in [0.5, 0.6) is 5.88 Å². The van der Waals surface area contributed by atoms with Crippen molar-refractivity contribution in [2.75, 3.05) is 7.11 Å². The van der Waals surface area contributed by atoms with Crippen LogP contribution >= 0.6 is 0 Å². The van der Waals surface area contributed by atoms with Crippen LogP contribution in [0.1, 0.15) is 10.5 Å². The number of nitrogens with zero attached hydrogens (tertiary/aromatic N) is 2. The molecule has 0 bridgehead atoms. The number of carbonyl (C=O) groups is 1. The van der Waals surface area contributed by atoms with Gasteiger partial charge in [-0.3, -0.25) is 4.79 Å². The van der Waals surface area contributed by atoms with Crippen molar-refractivity contribution in [3.05, 3.63) is 18.1 Å². The van der Waals surface area contributed by atoms with E-state index in [9.17, 15) is 22.4 Å². The summed E-state index contributed by atoms with van der Waals surface area (Å²) in [5.74, 6) is -7.44. The predicted octanol–water partition coefficient (Wildman–Crippen LogP) is 1.57. The van der Waals surface area contributed by atoms with Gasteiger partial charge in [-0.2, -0.15) is 8.78 Å². The maximum absolute atomic E-state index is 12.7. The molecule has 1 aromatic rings. The van der Waals surface area contributed by atoms with E-state index >= 15 is 0 Å². The van der Waals surface area contributed by atoms with Crippen molar-refractivity contribution in [1.29, 1.82) is 0 Å². The number of carbonyl (C=O) groups excluding carboxylic acids is 1. The lowest BCUT2D eigenvalue weighted by Crippen LogP contribution is -2.37. The molecule has 0 aliphatic carbocycles. The third kappa shape index (κ3) is 2.10. The Bertz CT molecular complexity index is 397. The van der Waals surface area contributed by atoms with Crippen molar-refractivity contribution < 1.29 is 27.1 Å². The summed E-state index contributed by atoms with van der Waals surface area (Å²) in [5.41, 5.74) is -0.921. The minimum Gasteiger partial charge on any atom is -0.479 e. The molecule has 1 aromatic heterocycles. The van der Waals surface area contributed by atoms with Gasteiger partial charge in [0.1, 0.15) is 0 Å². The number of ether oxygens (including phenoxy) is 1. The SMILES string of the molecule is COc1nccnc1C(=O)C(F)(F)C(F)F. The van der Waals surface area contributed by atoms with Crippen LogP contribution in [0.4, 0.5) is 17.6 Å². The van der Waals surface area contributed by atoms with Crippen molar-refractivity contribution in [3.63, 3.8) is 0 Å². The Morgan fingerprint density at radius 2 is 1.94 bits per heavy atom. The average Bonchev–Trinajstić information content (AvgIpc) is 2.27. The molecular formula is C8H6F4N2O2. The molecule has 0 N–H and O–H groups in total. The van der Waals surface area contributed by atoms with Crippen LogP contribution < -0.4 is 4.74 Å². The van der Waals surface area contributed by atoms with Gasteiger partial charge >= 0.3 is 12.3 Å². The second kappa shape index (κ2) is 4.42. The molecule has 1 rings (SSSR count). The molecule has 0 unspecified atom stereocenters. The van der Waals surface area contributed by atoms with Crippen LogP contribution in [0.2, 0.25) is 0 Å². The van der Waals surface area contributed by atoms with Crippen LogP contribution in [0.25, 0.3) is 0 Å². The number of rotatable bonds is 4. The van der Waals surface area contributed by atoms with E-state index in [4.69, 9.17) is 0 Å². The second-order valence-corrected chi connectivity index (χ2v) is 2.67. The van der Waals surface area contributed by atoms with Gasteiger partial charge in [-0.15, -0.1) is 0 Å². The van der Waals surface area contributed by atoms with Gasteiger partial charge in [-0.25, -0.2) is 18.7 Å². The number of hydrogen-bond acceptors (Lipinski definition) is 4. The van der Waals surface area contributed by atoms with Gasteiger partial charge in [0.2, 0.25) is 5.88 Å². The highest BCUT2D eigenvalue weighted by molar-refractivity contribution is 6.01. The number of hydrogen-bond donors (Lipinski definition) is 0. The lowest BCUT2D eigenvalue weighted by molar-refractivity contribution is -0.0961. The lowest BCUT2D eigenvalue weighted by Gasteiger charge is -2.13. The van der Waals surface area contributed by atoms with Crippen LogP contribution in [0.15, 0.2) is 12.4 Å². The van der Waals surface area contributed by atoms with Crippen molar-refractivity contribution >= 4 is 5.78 Å². The maximum Gasteiger partial charge on any atom is 0.370 e. The van der Waals surface area contributed by atoms with E-state index in [1.807, 2.05) is 0 Å². The zero-order chi connectivity index (χ0) is 12.3. The molecule has 0 saturated carbocycles. The minimum atomic E-state index is -4.80. The summed E-state index contributed by atoms with van der Waals surface area (Å²) in [4.78, 5) is 17.7. The molecule has 0 aromatic carbocycles. The van der Waals surface area contributed by atoms with Crippen LogP contribution in [0.3, 0.4) is 0 Å². The molecule has 4 nitrogen and oxygen atoms in total. The molecule has 0 fully saturated rings. The standard InChI is InChI=1S/C8H6F4N2O2/c1-16-6-4(13-2-3-14-6)5(15)8(11,12)7(9)10/h2-3,7H,1H3. The third-order valence-corrected chi connectivity index (χ3v) is 1.65. The number of alkyl halides is 4. The summed E-state index contributed by atoms with van der Waals surface area (Å²) >= 11 is 0. The van der Waals surface area contributed by atoms with Gasteiger partial charge in [-0.05, 0) is 0 Å². The lowest BCUT2D eigenvalue weighted by atomic mass is 10.1. The largest absolute Gasteiger partial charge is 0.479 e. The van der Waals surface area contributed by atoms with Gasteiger partial charge < -0.3 is 4.74 Å². The smallest absolute Gasteiger partial charge is 0.370 e. The summed E-state index contributed by atoms with van der Waals surface area (Å²) in [6.07, 6.45) is -2.10. The molecule has 0 atom stereocenters. The Morgan fingerprint density at radius 1 is 1.38 bits per heavy atom. The number of ketones is 1. The number of Topliss-reactive ketones (excluding diaryl/α,β-unsaturated/α-hetero) is 1. The van der Waals surface area contributed by atoms with Crippen molar-refractivity contribution in [3.8, 4) is 5.88 Å². The average molecular weight is 238 g/mol. The molecule has 0 radical (unpaired) electrons. The molecule has 8 heteroatoms. The van der Waals surface area contributed by atoms with Crippen molar-refractivity contribution in [2.24, 2.45) is 0 Å². The normalized spacial score (nSPS) is 11.6. The van der Waals surface area contributed by atoms with Crippen LogP contribution in [0, 0.1) is 0 Å². The fourth-order valence-corrected chi connectivity index (χ4v) is 0.887. The number of halogens is 4. The van der Waals surface area contributed by atoms with E-state index in [2.05, 4.69) is 14.7 Å². The first-order chi connectivity index (χ1) is 7.41. The van der Waals surface area contributed by atoms with Gasteiger partial charge in [-0.1, -0.05) is 0 Å². The predicted molar refractivity (Wildman–Crippen MR) is 43.9 cm³/mol. The zero-order valence-corrected chi connectivity index (χ0v) is 7.95. The van der Waals surface area contributed by atoms with E-state index in [0.29, 0.717) is 0 Å². The van der Waals surface area contributed by atoms with Gasteiger partial charge in [0, 0.05) is 12.4 Å². The maximum atomic E-state index is 12.7. The number of aromatic nitrogens is 2. The van der Waals surface area contributed by atoms with E-state index in [-0.39, 0.29) is 0 Å². The van der Waals surface area contributed by atoms with Gasteiger partial charge in [0.25, 0.3) is 5.78 Å². The fraction of sp³-hybridized carbons (Fsp3) is 0.375. The second-order valence-electron chi connectivity index (χ2n) is 2.67. The minimum absolute atomic E-state index is 0.521. The van der Waals surface area contributed by atoms with Crippen molar-refractivity contribution in [1.82, 2.24) is 9.97 Å². The Balaban J connectivity index is 3.14. The van der Waals surface area contributed by atoms with Crippen LogP contribution in [-0.2, 0) is 0 Å². The van der Waals surface area contributed by atoms with E-state index in [1.165, 1.54) is 0 Å². The quantitative estimate of drug-likeness (QED) is 0.590. The highest BCUT2D eigenvalue weighted by Gasteiger charge is 2.50. The molecule has 16 heavy (non-hydrogen) atoms. The first-order valence-electron chi connectivity index (χ1n) is 3.97. The number of methoxy groups -OCH3 is 1. The molecule has 0 saturated heterocycles. The third-order valence-electron chi connectivity index (χ3n) is 1.65. The Kier molecular flexibility index (Phi) is 3.41. The fourth-order valence-electron chi connectivity index (χ4n) is 0.887. The Morgan fingerprint density at radius 3 is 2.44 bits per heavy atom. The highest BCUT2D eigenvalue weighted by atomic mass is 19.3. The monoisotopic (exact) mass is 238 g/mol. The molecule has 0 spiro atoms. The zero-order valence-electron chi connectivity index (χ0n) is 7.95. The molecular weight excluding hydrogens is 232 g/mol.